The highest BCUT2D eigenvalue weighted by atomic mass is 32.2. The molecule has 90 valence electrons. The maximum Gasteiger partial charge on any atom is 0.307 e. The Morgan fingerprint density at radius 3 is 2.94 bits per heavy atom. The van der Waals surface area contributed by atoms with Crippen LogP contribution in [-0.2, 0) is 19.1 Å². The number of carbonyl (C=O) groups is 1. The van der Waals surface area contributed by atoms with Gasteiger partial charge in [0.15, 0.2) is 5.78 Å². The van der Waals surface area contributed by atoms with Crippen LogP contribution in [0.5, 0.6) is 0 Å². The van der Waals surface area contributed by atoms with E-state index in [1.807, 2.05) is 6.08 Å². The number of hydrogen-bond acceptors (Lipinski definition) is 5. The molecule has 1 fully saturated rings. The number of Topliss-reactive ketones (excluding diaryl/α,β-unsaturated/α-hetero) is 1. The summed E-state index contributed by atoms with van der Waals surface area (Å²) in [5.74, 6) is 0.390. The number of ketones is 1. The van der Waals surface area contributed by atoms with Gasteiger partial charge in [0.2, 0.25) is 5.88 Å². The summed E-state index contributed by atoms with van der Waals surface area (Å²) < 4.78 is 27.2. The van der Waals surface area contributed by atoms with Crippen molar-refractivity contribution in [1.82, 2.24) is 4.90 Å². The molecule has 1 saturated carbocycles. The maximum atomic E-state index is 11.7. The molecule has 17 heavy (non-hydrogen) atoms. The van der Waals surface area contributed by atoms with Crippen LogP contribution in [0.2, 0.25) is 0 Å². The van der Waals surface area contributed by atoms with Crippen molar-refractivity contribution in [1.29, 1.82) is 0 Å². The van der Waals surface area contributed by atoms with Crippen LogP contribution in [0.25, 0.3) is 0 Å². The van der Waals surface area contributed by atoms with Crippen LogP contribution in [0.1, 0.15) is 6.42 Å². The molecule has 0 N–H and O–H groups in total. The molecule has 1 unspecified atom stereocenters. The van der Waals surface area contributed by atoms with E-state index in [4.69, 9.17) is 4.18 Å². The Labute approximate surface area is 99.2 Å². The zero-order valence-electron chi connectivity index (χ0n) is 9.21. The first kappa shape index (κ1) is 10.6. The number of carbonyl (C=O) groups excluding carboxylic acids is 1. The van der Waals surface area contributed by atoms with Gasteiger partial charge in [-0.05, 0) is 24.1 Å². The van der Waals surface area contributed by atoms with Crippen molar-refractivity contribution in [3.8, 4) is 0 Å². The first-order valence-electron chi connectivity index (χ1n) is 5.27. The smallest absolute Gasteiger partial charge is 0.307 e. The second-order valence-electron chi connectivity index (χ2n) is 4.37. The van der Waals surface area contributed by atoms with Gasteiger partial charge < -0.3 is 9.08 Å². The molecular formula is C11H11NO4S. The monoisotopic (exact) mass is 253 g/mol. The molecular weight excluding hydrogens is 242 g/mol. The zero-order valence-corrected chi connectivity index (χ0v) is 10.0. The van der Waals surface area contributed by atoms with Crippen molar-refractivity contribution in [3.63, 3.8) is 0 Å². The van der Waals surface area contributed by atoms with Crippen LogP contribution in [-0.4, -0.2) is 31.9 Å². The van der Waals surface area contributed by atoms with Gasteiger partial charge in [-0.15, -0.1) is 0 Å². The van der Waals surface area contributed by atoms with E-state index in [1.54, 1.807) is 17.1 Å². The molecule has 3 rings (SSSR count). The molecule has 0 spiro atoms. The molecule has 0 aromatic heterocycles. The summed E-state index contributed by atoms with van der Waals surface area (Å²) in [6.45, 7) is 0.190. The van der Waals surface area contributed by atoms with E-state index in [0.29, 0.717) is 0 Å². The summed E-state index contributed by atoms with van der Waals surface area (Å²) in [6, 6.07) is 0. The molecule has 1 atom stereocenters. The Morgan fingerprint density at radius 1 is 1.47 bits per heavy atom. The second kappa shape index (κ2) is 3.22. The summed E-state index contributed by atoms with van der Waals surface area (Å²) in [5.41, 5.74) is 2.00. The van der Waals surface area contributed by atoms with Crippen molar-refractivity contribution in [3.05, 3.63) is 35.4 Å². The van der Waals surface area contributed by atoms with Crippen LogP contribution in [0.3, 0.4) is 0 Å². The van der Waals surface area contributed by atoms with Crippen LogP contribution < -0.4 is 0 Å². The molecule has 3 aliphatic rings. The number of fused-ring (bicyclic) bond motifs is 2. The van der Waals surface area contributed by atoms with Gasteiger partial charge in [0.05, 0.1) is 12.8 Å². The fourth-order valence-corrected chi connectivity index (χ4v) is 2.67. The Morgan fingerprint density at radius 2 is 2.24 bits per heavy atom. The summed E-state index contributed by atoms with van der Waals surface area (Å²) in [7, 11) is -3.57. The minimum absolute atomic E-state index is 0.0588. The SMILES string of the molecule is CS(=O)(=O)OC1=CC=CC2=C3CC3C(=O)CN12. The summed E-state index contributed by atoms with van der Waals surface area (Å²) in [4.78, 5) is 13.3. The first-order chi connectivity index (χ1) is 7.96. The van der Waals surface area contributed by atoms with Crippen LogP contribution in [0.15, 0.2) is 35.4 Å². The Hall–Kier alpha value is -1.56. The molecule has 0 aromatic carbocycles. The second-order valence-corrected chi connectivity index (χ2v) is 5.95. The van der Waals surface area contributed by atoms with Gasteiger partial charge in [0, 0.05) is 11.6 Å². The number of nitrogens with zero attached hydrogens (tertiary/aromatic N) is 1. The molecule has 2 heterocycles. The lowest BCUT2D eigenvalue weighted by Crippen LogP contribution is -2.34. The van der Waals surface area contributed by atoms with E-state index in [-0.39, 0.29) is 24.1 Å². The van der Waals surface area contributed by atoms with Crippen molar-refractivity contribution in [2.45, 2.75) is 6.42 Å². The summed E-state index contributed by atoms with van der Waals surface area (Å²) in [6.07, 6.45) is 6.97. The van der Waals surface area contributed by atoms with Crippen molar-refractivity contribution >= 4 is 15.9 Å². The zero-order chi connectivity index (χ0) is 12.2. The third-order valence-electron chi connectivity index (χ3n) is 3.00. The molecule has 0 saturated heterocycles. The molecule has 0 radical (unpaired) electrons. The van der Waals surface area contributed by atoms with E-state index < -0.39 is 10.1 Å². The van der Waals surface area contributed by atoms with Crippen LogP contribution in [0, 0.1) is 5.92 Å². The molecule has 6 heteroatoms. The van der Waals surface area contributed by atoms with Crippen molar-refractivity contribution in [2.75, 3.05) is 12.8 Å². The lowest BCUT2D eigenvalue weighted by atomic mass is 10.1. The van der Waals surface area contributed by atoms with Gasteiger partial charge in [0.25, 0.3) is 0 Å². The summed E-state index contributed by atoms with van der Waals surface area (Å²) in [5, 5.41) is 0. The van der Waals surface area contributed by atoms with Gasteiger partial charge >= 0.3 is 10.1 Å². The molecule has 2 aliphatic heterocycles. The predicted molar refractivity (Wildman–Crippen MR) is 60.0 cm³/mol. The van der Waals surface area contributed by atoms with Gasteiger partial charge in [0.1, 0.15) is 0 Å². The van der Waals surface area contributed by atoms with E-state index in [9.17, 15) is 13.2 Å². The first-order valence-corrected chi connectivity index (χ1v) is 7.08. The molecule has 0 bridgehead atoms. The minimum atomic E-state index is -3.57. The summed E-state index contributed by atoms with van der Waals surface area (Å²) >= 11 is 0. The average molecular weight is 253 g/mol. The molecule has 0 amide bonds. The minimum Gasteiger partial charge on any atom is -0.364 e. The van der Waals surface area contributed by atoms with E-state index >= 15 is 0 Å². The van der Waals surface area contributed by atoms with Gasteiger partial charge in [-0.2, -0.15) is 8.42 Å². The third-order valence-corrected chi connectivity index (χ3v) is 3.48. The quantitative estimate of drug-likeness (QED) is 0.672. The molecule has 0 aromatic rings. The predicted octanol–water partition coefficient (Wildman–Crippen LogP) is 0.533. The normalized spacial score (nSPS) is 26.4. The number of hydrogen-bond donors (Lipinski definition) is 0. The molecule has 5 nitrogen and oxygen atoms in total. The highest BCUT2D eigenvalue weighted by Crippen LogP contribution is 2.47. The average Bonchev–Trinajstić information content (AvgIpc) is 2.97. The fourth-order valence-electron chi connectivity index (χ4n) is 2.21. The third kappa shape index (κ3) is 1.78. The van der Waals surface area contributed by atoms with E-state index in [1.165, 1.54) is 0 Å². The lowest BCUT2D eigenvalue weighted by Gasteiger charge is -2.30. The van der Waals surface area contributed by atoms with Crippen molar-refractivity contribution in [2.24, 2.45) is 5.92 Å². The van der Waals surface area contributed by atoms with Gasteiger partial charge in [-0.25, -0.2) is 0 Å². The van der Waals surface area contributed by atoms with Gasteiger partial charge in [-0.1, -0.05) is 6.08 Å². The highest BCUT2D eigenvalue weighted by molar-refractivity contribution is 7.86. The number of rotatable bonds is 2. The Bertz CT molecular complexity index is 597. The Kier molecular flexibility index (Phi) is 2.01. The van der Waals surface area contributed by atoms with Crippen LogP contribution in [0.4, 0.5) is 0 Å². The standard InChI is InChI=1S/C11H11NO4S/c1-17(14,15)16-11-4-2-3-9-7-5-8(7)10(13)6-12(9)11/h2-4,8H,5-6H2,1H3. The highest BCUT2D eigenvalue weighted by Gasteiger charge is 2.45. The van der Waals surface area contributed by atoms with Crippen LogP contribution >= 0.6 is 0 Å². The Balaban J connectivity index is 1.97. The van der Waals surface area contributed by atoms with Gasteiger partial charge in [-0.3, -0.25) is 4.79 Å². The number of allylic oxidation sites excluding steroid dienone is 4. The largest absolute Gasteiger partial charge is 0.364 e. The fraction of sp³-hybridized carbons (Fsp3) is 0.364. The van der Waals surface area contributed by atoms with E-state index in [2.05, 4.69) is 0 Å². The maximum absolute atomic E-state index is 11.7. The molecule has 1 aliphatic carbocycles. The lowest BCUT2D eigenvalue weighted by molar-refractivity contribution is -0.121. The van der Waals surface area contributed by atoms with E-state index in [0.717, 1.165) is 23.9 Å². The van der Waals surface area contributed by atoms with Crippen molar-refractivity contribution < 1.29 is 17.4 Å². The topological polar surface area (TPSA) is 63.7 Å².